The summed E-state index contributed by atoms with van der Waals surface area (Å²) in [6.07, 6.45) is -4.19. The summed E-state index contributed by atoms with van der Waals surface area (Å²) in [4.78, 5) is 11.3. The number of hydrogen-bond donors (Lipinski definition) is 1. The summed E-state index contributed by atoms with van der Waals surface area (Å²) in [6.45, 7) is 8.12. The molecule has 3 heterocycles. The third-order valence-corrected chi connectivity index (χ3v) is 8.14. The van der Waals surface area contributed by atoms with Gasteiger partial charge in [-0.25, -0.2) is 13.2 Å². The van der Waals surface area contributed by atoms with E-state index in [-0.39, 0.29) is 6.10 Å². The Balaban J connectivity index is 0.000000370. The fourth-order valence-corrected chi connectivity index (χ4v) is 5.88. The smallest absolute Gasteiger partial charge is 0.475 e. The van der Waals surface area contributed by atoms with Crippen LogP contribution in [0.3, 0.4) is 0 Å². The van der Waals surface area contributed by atoms with Crippen LogP contribution < -0.4 is 0 Å². The summed E-state index contributed by atoms with van der Waals surface area (Å²) in [6, 6.07) is 3.98. The van der Waals surface area contributed by atoms with Crippen molar-refractivity contribution in [2.75, 3.05) is 32.8 Å². The number of rotatable bonds is 3. The number of carbonyl (C=O) groups is 1. The molecule has 29 heavy (non-hydrogen) atoms. The minimum Gasteiger partial charge on any atom is -0.475 e. The molecule has 166 valence electrons. The first-order chi connectivity index (χ1) is 13.4. The number of ether oxygens (including phenoxy) is 1. The van der Waals surface area contributed by atoms with Crippen molar-refractivity contribution in [1.29, 1.82) is 0 Å². The minimum atomic E-state index is -5.08. The van der Waals surface area contributed by atoms with Crippen LogP contribution in [0, 0.1) is 5.92 Å². The summed E-state index contributed by atoms with van der Waals surface area (Å²) in [5.74, 6) is -2.33. The van der Waals surface area contributed by atoms with E-state index in [9.17, 15) is 21.6 Å². The number of sulfonamides is 1. The second-order valence-corrected chi connectivity index (χ2v) is 10.3. The van der Waals surface area contributed by atoms with Crippen LogP contribution in [0.2, 0.25) is 0 Å². The van der Waals surface area contributed by atoms with Gasteiger partial charge in [-0.1, -0.05) is 6.07 Å². The molecular weight excluding hydrogens is 433 g/mol. The molecular formula is C17H25F3N2O5S2. The van der Waals surface area contributed by atoms with Crippen LogP contribution in [0.15, 0.2) is 21.7 Å². The molecule has 12 heteroatoms. The Morgan fingerprint density at radius 2 is 1.97 bits per heavy atom. The molecule has 2 atom stereocenters. The number of piperidine rings is 1. The summed E-state index contributed by atoms with van der Waals surface area (Å²) < 4.78 is 65.1. The molecule has 0 bridgehead atoms. The van der Waals surface area contributed by atoms with Crippen LogP contribution in [-0.4, -0.2) is 79.8 Å². The summed E-state index contributed by atoms with van der Waals surface area (Å²) >= 11 is 1.28. The number of hydrogen-bond acceptors (Lipinski definition) is 6. The third kappa shape index (κ3) is 6.38. The van der Waals surface area contributed by atoms with E-state index in [1.54, 1.807) is 16.4 Å². The van der Waals surface area contributed by atoms with Gasteiger partial charge in [0.1, 0.15) is 4.21 Å². The maximum absolute atomic E-state index is 12.7. The van der Waals surface area contributed by atoms with E-state index in [1.807, 2.05) is 5.38 Å². The quantitative estimate of drug-likeness (QED) is 0.749. The van der Waals surface area contributed by atoms with Crippen LogP contribution >= 0.6 is 11.3 Å². The molecule has 2 aliphatic rings. The number of aliphatic carboxylic acids is 1. The van der Waals surface area contributed by atoms with Gasteiger partial charge in [0.05, 0.1) is 12.7 Å². The molecule has 3 rings (SSSR count). The van der Waals surface area contributed by atoms with Crippen LogP contribution in [-0.2, 0) is 19.6 Å². The first kappa shape index (κ1) is 24.1. The maximum Gasteiger partial charge on any atom is 0.490 e. The van der Waals surface area contributed by atoms with Gasteiger partial charge in [-0.3, -0.25) is 4.90 Å². The number of halogens is 3. The van der Waals surface area contributed by atoms with Crippen molar-refractivity contribution < 1.29 is 36.2 Å². The van der Waals surface area contributed by atoms with Crippen molar-refractivity contribution in [3.63, 3.8) is 0 Å². The van der Waals surface area contributed by atoms with Crippen LogP contribution in [0.4, 0.5) is 13.2 Å². The number of thiophene rings is 1. The highest BCUT2D eigenvalue weighted by molar-refractivity contribution is 7.91. The Hall–Kier alpha value is -1.21. The molecule has 0 spiro atoms. The largest absolute Gasteiger partial charge is 0.490 e. The molecule has 2 saturated heterocycles. The zero-order chi connectivity index (χ0) is 21.8. The maximum atomic E-state index is 12.7. The lowest BCUT2D eigenvalue weighted by atomic mass is 9.94. The average molecular weight is 459 g/mol. The van der Waals surface area contributed by atoms with Crippen molar-refractivity contribution in [2.45, 2.75) is 42.8 Å². The van der Waals surface area contributed by atoms with Crippen molar-refractivity contribution in [2.24, 2.45) is 5.92 Å². The second-order valence-electron chi connectivity index (χ2n) is 7.14. The van der Waals surface area contributed by atoms with E-state index < -0.39 is 22.2 Å². The number of nitrogens with zero attached hydrogens (tertiary/aromatic N) is 2. The van der Waals surface area contributed by atoms with Crippen molar-refractivity contribution in [1.82, 2.24) is 9.21 Å². The van der Waals surface area contributed by atoms with Gasteiger partial charge in [0.2, 0.25) is 0 Å². The van der Waals surface area contributed by atoms with Crippen LogP contribution in [0.5, 0.6) is 0 Å². The number of fused-ring (bicyclic) bond motifs is 1. The Morgan fingerprint density at radius 1 is 1.31 bits per heavy atom. The number of carboxylic acids is 1. The van der Waals surface area contributed by atoms with Gasteiger partial charge in [0, 0.05) is 38.1 Å². The van der Waals surface area contributed by atoms with E-state index in [0.29, 0.717) is 35.9 Å². The van der Waals surface area contributed by atoms with Crippen molar-refractivity contribution in [3.05, 3.63) is 17.5 Å². The van der Waals surface area contributed by atoms with Gasteiger partial charge in [-0.05, 0) is 31.7 Å². The fraction of sp³-hybridized carbons (Fsp3) is 0.706. The zero-order valence-electron chi connectivity index (χ0n) is 16.1. The Bertz CT molecular complexity index is 769. The summed E-state index contributed by atoms with van der Waals surface area (Å²) in [7, 11) is -3.35. The zero-order valence-corrected chi connectivity index (χ0v) is 17.8. The lowest BCUT2D eigenvalue weighted by Gasteiger charge is -2.37. The molecule has 0 aromatic carbocycles. The lowest BCUT2D eigenvalue weighted by Crippen LogP contribution is -2.49. The average Bonchev–Trinajstić information content (AvgIpc) is 3.08. The normalized spacial score (nSPS) is 24.3. The lowest BCUT2D eigenvalue weighted by molar-refractivity contribution is -0.192. The van der Waals surface area contributed by atoms with Crippen molar-refractivity contribution in [3.8, 4) is 0 Å². The molecule has 7 nitrogen and oxygen atoms in total. The Morgan fingerprint density at radius 3 is 2.48 bits per heavy atom. The molecule has 2 fully saturated rings. The first-order valence-electron chi connectivity index (χ1n) is 9.12. The standard InChI is InChI=1S/C15H24N2O3S2.C2HF3O2/c1-12(2)16-7-8-20-14-11-17(6-5-13(14)10-16)22(18,19)15-4-3-9-21-15;3-2(4,5)1(6)7/h3-4,9,12-14H,5-8,10-11H2,1-2H3;(H,6,7)/t13-,14-;/m1./s1. The minimum absolute atomic E-state index is 0.0206. The highest BCUT2D eigenvalue weighted by Crippen LogP contribution is 2.29. The molecule has 1 aromatic rings. The molecule has 0 radical (unpaired) electrons. The van der Waals surface area contributed by atoms with Gasteiger partial charge in [0.15, 0.2) is 0 Å². The Labute approximate surface area is 172 Å². The summed E-state index contributed by atoms with van der Waals surface area (Å²) in [5, 5.41) is 8.93. The summed E-state index contributed by atoms with van der Waals surface area (Å²) in [5.41, 5.74) is 0. The van der Waals surface area contributed by atoms with Gasteiger partial charge in [-0.15, -0.1) is 11.3 Å². The predicted molar refractivity (Wildman–Crippen MR) is 101 cm³/mol. The van der Waals surface area contributed by atoms with Gasteiger partial charge in [0.25, 0.3) is 10.0 Å². The molecule has 1 N–H and O–H groups in total. The first-order valence-corrected chi connectivity index (χ1v) is 11.4. The molecule has 0 amide bonds. The second kappa shape index (κ2) is 9.73. The van der Waals surface area contributed by atoms with E-state index in [1.165, 1.54) is 11.3 Å². The highest BCUT2D eigenvalue weighted by Gasteiger charge is 2.39. The van der Waals surface area contributed by atoms with Gasteiger partial charge >= 0.3 is 12.1 Å². The number of carboxylic acid groups (broad SMARTS) is 1. The molecule has 0 saturated carbocycles. The monoisotopic (exact) mass is 458 g/mol. The van der Waals surface area contributed by atoms with E-state index in [0.717, 1.165) is 19.5 Å². The van der Waals surface area contributed by atoms with Crippen LogP contribution in [0.25, 0.3) is 0 Å². The SMILES string of the molecule is CC(C)N1CCO[C@@H]2CN(S(=O)(=O)c3cccs3)CC[C@@H]2C1.O=C(O)C(F)(F)F. The third-order valence-electron chi connectivity index (χ3n) is 4.90. The van der Waals surface area contributed by atoms with E-state index in [2.05, 4.69) is 18.7 Å². The molecule has 0 unspecified atom stereocenters. The van der Waals surface area contributed by atoms with Gasteiger partial charge < -0.3 is 9.84 Å². The molecule has 2 aliphatic heterocycles. The number of alkyl halides is 3. The predicted octanol–water partition coefficient (Wildman–Crippen LogP) is 2.50. The van der Waals surface area contributed by atoms with Crippen molar-refractivity contribution >= 4 is 27.3 Å². The van der Waals surface area contributed by atoms with Gasteiger partial charge in [-0.2, -0.15) is 17.5 Å². The molecule has 0 aliphatic carbocycles. The van der Waals surface area contributed by atoms with Crippen LogP contribution in [0.1, 0.15) is 20.3 Å². The Kier molecular flexibility index (Phi) is 8.08. The molecule has 1 aromatic heterocycles. The van der Waals surface area contributed by atoms with E-state index >= 15 is 0 Å². The van der Waals surface area contributed by atoms with E-state index in [4.69, 9.17) is 14.6 Å². The highest BCUT2D eigenvalue weighted by atomic mass is 32.2. The fourth-order valence-electron chi connectivity index (χ4n) is 3.27. The topological polar surface area (TPSA) is 87.2 Å².